The first-order chi connectivity index (χ1) is 16.1. The first-order valence-corrected chi connectivity index (χ1v) is 12.2. The van der Waals surface area contributed by atoms with Gasteiger partial charge in [-0.05, 0) is 30.7 Å². The monoisotopic (exact) mass is 471 g/mol. The third kappa shape index (κ3) is 7.01. The van der Waals surface area contributed by atoms with E-state index in [9.17, 15) is 4.79 Å². The molecule has 0 aliphatic carbocycles. The normalized spacial score (nSPS) is 20.0. The van der Waals surface area contributed by atoms with Crippen LogP contribution >= 0.6 is 11.6 Å². The van der Waals surface area contributed by atoms with Gasteiger partial charge in [-0.3, -0.25) is 14.6 Å². The van der Waals surface area contributed by atoms with Crippen molar-refractivity contribution in [2.75, 3.05) is 65.6 Å². The minimum absolute atomic E-state index is 0.0275. The zero-order valence-corrected chi connectivity index (χ0v) is 20.2. The Balaban J connectivity index is 1.41. The summed E-state index contributed by atoms with van der Waals surface area (Å²) in [5.41, 5.74) is 3.00. The number of morpholine rings is 2. The lowest BCUT2D eigenvalue weighted by molar-refractivity contribution is -0.0443. The quantitative estimate of drug-likeness (QED) is 0.591. The molecule has 2 aliphatic heterocycles. The van der Waals surface area contributed by atoms with Gasteiger partial charge < -0.3 is 14.4 Å². The van der Waals surface area contributed by atoms with Gasteiger partial charge >= 0.3 is 0 Å². The number of halogens is 1. The molecule has 2 fully saturated rings. The zero-order chi connectivity index (χ0) is 23.0. The number of rotatable bonds is 8. The van der Waals surface area contributed by atoms with Crippen LogP contribution in [0.15, 0.2) is 48.5 Å². The number of nitrogens with zero attached hydrogens (tertiary/aromatic N) is 3. The number of hydrogen-bond acceptors (Lipinski definition) is 5. The predicted molar refractivity (Wildman–Crippen MR) is 131 cm³/mol. The highest BCUT2D eigenvalue weighted by atomic mass is 35.5. The average Bonchev–Trinajstić information content (AvgIpc) is 2.84. The average molecular weight is 472 g/mol. The minimum atomic E-state index is -0.0275. The summed E-state index contributed by atoms with van der Waals surface area (Å²) >= 11 is 6.38. The second-order valence-electron chi connectivity index (χ2n) is 8.89. The molecule has 2 saturated heterocycles. The van der Waals surface area contributed by atoms with Crippen LogP contribution in [0.3, 0.4) is 0 Å². The summed E-state index contributed by atoms with van der Waals surface area (Å²) < 4.78 is 11.6. The second kappa shape index (κ2) is 12.0. The Bertz CT molecular complexity index is 902. The lowest BCUT2D eigenvalue weighted by atomic mass is 10.1. The topological polar surface area (TPSA) is 45.2 Å². The molecule has 1 unspecified atom stereocenters. The molecular formula is C26H34ClN3O3. The van der Waals surface area contributed by atoms with Crippen LogP contribution in [0.25, 0.3) is 0 Å². The SMILES string of the molecule is Cc1ccc(C(=O)N(CCN2CCOCC2)CC2CN(Cc3ccccc3Cl)CCO2)cc1. The maximum absolute atomic E-state index is 13.4. The summed E-state index contributed by atoms with van der Waals surface area (Å²) in [5, 5.41) is 0.794. The molecule has 2 aromatic rings. The minimum Gasteiger partial charge on any atom is -0.379 e. The molecule has 1 amide bonds. The number of carbonyl (C=O) groups excluding carboxylic acids is 1. The number of benzene rings is 2. The maximum Gasteiger partial charge on any atom is 0.253 e. The molecule has 7 heteroatoms. The molecule has 6 nitrogen and oxygen atoms in total. The third-order valence-corrected chi connectivity index (χ3v) is 6.74. The van der Waals surface area contributed by atoms with Gasteiger partial charge in [-0.1, -0.05) is 47.5 Å². The number of amides is 1. The molecule has 0 N–H and O–H groups in total. The van der Waals surface area contributed by atoms with E-state index in [1.54, 1.807) is 0 Å². The van der Waals surface area contributed by atoms with Crippen molar-refractivity contribution < 1.29 is 14.3 Å². The van der Waals surface area contributed by atoms with E-state index in [0.29, 0.717) is 19.7 Å². The van der Waals surface area contributed by atoms with E-state index in [1.807, 2.05) is 54.3 Å². The van der Waals surface area contributed by atoms with E-state index in [1.165, 1.54) is 0 Å². The van der Waals surface area contributed by atoms with Crippen LogP contribution in [0.2, 0.25) is 5.02 Å². The van der Waals surface area contributed by atoms with Gasteiger partial charge in [0.1, 0.15) is 0 Å². The van der Waals surface area contributed by atoms with Gasteiger partial charge in [0.15, 0.2) is 0 Å². The fourth-order valence-corrected chi connectivity index (χ4v) is 4.58. The third-order valence-electron chi connectivity index (χ3n) is 6.37. The van der Waals surface area contributed by atoms with Crippen LogP contribution < -0.4 is 0 Å². The molecule has 33 heavy (non-hydrogen) atoms. The smallest absolute Gasteiger partial charge is 0.253 e. The molecular weight excluding hydrogens is 438 g/mol. The van der Waals surface area contributed by atoms with Crippen LogP contribution in [0.4, 0.5) is 0 Å². The highest BCUT2D eigenvalue weighted by Crippen LogP contribution is 2.19. The van der Waals surface area contributed by atoms with Crippen molar-refractivity contribution in [2.45, 2.75) is 19.6 Å². The molecule has 2 aromatic carbocycles. The summed E-state index contributed by atoms with van der Waals surface area (Å²) in [5.74, 6) is 0.0649. The summed E-state index contributed by atoms with van der Waals surface area (Å²) in [6.45, 7) is 10.6. The largest absolute Gasteiger partial charge is 0.379 e. The van der Waals surface area contributed by atoms with Crippen LogP contribution in [0.1, 0.15) is 21.5 Å². The van der Waals surface area contributed by atoms with Gasteiger partial charge in [-0.2, -0.15) is 0 Å². The Labute approximate surface area is 202 Å². The Morgan fingerprint density at radius 3 is 2.52 bits per heavy atom. The first-order valence-electron chi connectivity index (χ1n) is 11.8. The number of aryl methyl sites for hydroxylation is 1. The van der Waals surface area contributed by atoms with Gasteiger partial charge in [-0.15, -0.1) is 0 Å². The fourth-order valence-electron chi connectivity index (χ4n) is 4.39. The lowest BCUT2D eigenvalue weighted by Gasteiger charge is -2.37. The van der Waals surface area contributed by atoms with E-state index >= 15 is 0 Å². The van der Waals surface area contributed by atoms with Crippen molar-refractivity contribution in [3.05, 3.63) is 70.2 Å². The standard InChI is InChI=1S/C26H34ClN3O3/c1-21-6-8-22(9-7-21)26(31)30(11-10-28-12-15-32-16-13-28)20-24-19-29(14-17-33-24)18-23-4-2-3-5-25(23)27/h2-9,24H,10-20H2,1H3. The lowest BCUT2D eigenvalue weighted by Crippen LogP contribution is -2.50. The maximum atomic E-state index is 13.4. The molecule has 0 saturated carbocycles. The Hall–Kier alpha value is -1.96. The van der Waals surface area contributed by atoms with Crippen LogP contribution in [0, 0.1) is 6.92 Å². The summed E-state index contributed by atoms with van der Waals surface area (Å²) in [4.78, 5) is 20.1. The second-order valence-corrected chi connectivity index (χ2v) is 9.30. The van der Waals surface area contributed by atoms with E-state index in [2.05, 4.69) is 15.9 Å². The van der Waals surface area contributed by atoms with Gasteiger partial charge in [0.25, 0.3) is 5.91 Å². The van der Waals surface area contributed by atoms with Crippen molar-refractivity contribution in [2.24, 2.45) is 0 Å². The van der Waals surface area contributed by atoms with Crippen LogP contribution in [-0.4, -0.2) is 92.3 Å². The number of carbonyl (C=O) groups is 1. The molecule has 178 valence electrons. The summed E-state index contributed by atoms with van der Waals surface area (Å²) in [6, 6.07) is 15.8. The van der Waals surface area contributed by atoms with Gasteiger partial charge in [0, 0.05) is 62.9 Å². The molecule has 0 spiro atoms. The highest BCUT2D eigenvalue weighted by molar-refractivity contribution is 6.31. The Kier molecular flexibility index (Phi) is 8.75. The Morgan fingerprint density at radius 1 is 1.03 bits per heavy atom. The Morgan fingerprint density at radius 2 is 1.76 bits per heavy atom. The molecule has 4 rings (SSSR count). The zero-order valence-electron chi connectivity index (χ0n) is 19.4. The van der Waals surface area contributed by atoms with Crippen molar-refractivity contribution in [3.8, 4) is 0 Å². The van der Waals surface area contributed by atoms with Gasteiger partial charge in [0.05, 0.1) is 25.9 Å². The fraction of sp³-hybridized carbons (Fsp3) is 0.500. The first kappa shape index (κ1) is 24.2. The van der Waals surface area contributed by atoms with Gasteiger partial charge in [0.2, 0.25) is 0 Å². The molecule has 2 heterocycles. The molecule has 2 aliphatic rings. The van der Waals surface area contributed by atoms with Crippen molar-refractivity contribution in [1.82, 2.24) is 14.7 Å². The number of ether oxygens (including phenoxy) is 2. The van der Waals surface area contributed by atoms with Crippen LogP contribution in [0.5, 0.6) is 0 Å². The van der Waals surface area contributed by atoms with Crippen LogP contribution in [-0.2, 0) is 16.0 Å². The molecule has 0 bridgehead atoms. The van der Waals surface area contributed by atoms with Crippen molar-refractivity contribution in [3.63, 3.8) is 0 Å². The number of hydrogen-bond donors (Lipinski definition) is 0. The van der Waals surface area contributed by atoms with Crippen molar-refractivity contribution >= 4 is 17.5 Å². The molecule has 0 radical (unpaired) electrons. The summed E-state index contributed by atoms with van der Waals surface area (Å²) in [6.07, 6.45) is -0.0275. The van der Waals surface area contributed by atoms with E-state index < -0.39 is 0 Å². The van der Waals surface area contributed by atoms with Crippen molar-refractivity contribution in [1.29, 1.82) is 0 Å². The van der Waals surface area contributed by atoms with E-state index in [-0.39, 0.29) is 12.0 Å². The predicted octanol–water partition coefficient (Wildman–Crippen LogP) is 3.32. The van der Waals surface area contributed by atoms with E-state index in [0.717, 1.165) is 74.2 Å². The molecule has 0 aromatic heterocycles. The highest BCUT2D eigenvalue weighted by Gasteiger charge is 2.26. The van der Waals surface area contributed by atoms with Gasteiger partial charge in [-0.25, -0.2) is 0 Å². The van der Waals surface area contributed by atoms with E-state index in [4.69, 9.17) is 21.1 Å². The summed E-state index contributed by atoms with van der Waals surface area (Å²) in [7, 11) is 0. The molecule has 1 atom stereocenters.